The lowest BCUT2D eigenvalue weighted by Gasteiger charge is -2.23. The molecule has 0 heterocycles. The van der Waals surface area contributed by atoms with Crippen LogP contribution in [0.15, 0.2) is 36.4 Å². The number of carbonyl (C=O) groups excluding carboxylic acids is 2. The molecule has 2 amide bonds. The van der Waals surface area contributed by atoms with Gasteiger partial charge in [-0.15, -0.1) is 0 Å². The zero-order chi connectivity index (χ0) is 19.3. The van der Waals surface area contributed by atoms with Gasteiger partial charge < -0.3 is 19.7 Å². The highest BCUT2D eigenvalue weighted by Gasteiger charge is 2.19. The van der Waals surface area contributed by atoms with E-state index < -0.39 is 0 Å². The lowest BCUT2D eigenvalue weighted by atomic mass is 10.2. The van der Waals surface area contributed by atoms with Gasteiger partial charge in [0.2, 0.25) is 11.8 Å². The highest BCUT2D eigenvalue weighted by molar-refractivity contribution is 6.32. The maximum absolute atomic E-state index is 12.5. The number of rotatable bonds is 6. The number of benzene rings is 2. The van der Waals surface area contributed by atoms with Crippen molar-refractivity contribution < 1.29 is 19.1 Å². The third kappa shape index (κ3) is 4.46. The summed E-state index contributed by atoms with van der Waals surface area (Å²) in [7, 11) is 2.96. The number of anilines is 2. The number of hydrogen-bond donors (Lipinski definition) is 1. The third-order valence-corrected chi connectivity index (χ3v) is 4.13. The van der Waals surface area contributed by atoms with Crippen LogP contribution in [0.2, 0.25) is 5.02 Å². The van der Waals surface area contributed by atoms with Crippen LogP contribution in [0.4, 0.5) is 11.4 Å². The number of nitrogens with zero attached hydrogens (tertiary/aromatic N) is 1. The summed E-state index contributed by atoms with van der Waals surface area (Å²) in [5, 5.41) is 3.11. The molecule has 0 saturated carbocycles. The number of amides is 2. The smallest absolute Gasteiger partial charge is 0.244 e. The van der Waals surface area contributed by atoms with E-state index in [0.717, 1.165) is 5.56 Å². The van der Waals surface area contributed by atoms with Gasteiger partial charge in [0.05, 0.1) is 24.9 Å². The molecular formula is C19H21ClN2O4. The van der Waals surface area contributed by atoms with Gasteiger partial charge >= 0.3 is 0 Å². The first-order valence-corrected chi connectivity index (χ1v) is 8.30. The number of nitrogens with one attached hydrogen (secondary N) is 1. The Morgan fingerprint density at radius 3 is 2.35 bits per heavy atom. The van der Waals surface area contributed by atoms with E-state index in [2.05, 4.69) is 5.32 Å². The first kappa shape index (κ1) is 19.6. The van der Waals surface area contributed by atoms with E-state index in [-0.39, 0.29) is 18.4 Å². The Labute approximate surface area is 157 Å². The second-order valence-electron chi connectivity index (χ2n) is 5.63. The zero-order valence-electron chi connectivity index (χ0n) is 15.1. The largest absolute Gasteiger partial charge is 0.495 e. The molecule has 0 aromatic heterocycles. The SMILES string of the molecule is COc1cc(NC(=O)CN(C(C)=O)c2ccccc2C)c(OC)cc1Cl. The van der Waals surface area contributed by atoms with Gasteiger partial charge in [0, 0.05) is 24.7 Å². The van der Waals surface area contributed by atoms with Crippen LogP contribution in [0, 0.1) is 6.92 Å². The zero-order valence-corrected chi connectivity index (χ0v) is 15.9. The quantitative estimate of drug-likeness (QED) is 0.835. The topological polar surface area (TPSA) is 67.9 Å². The molecule has 0 spiro atoms. The van der Waals surface area contributed by atoms with Gasteiger partial charge in [0.1, 0.15) is 18.0 Å². The molecule has 7 heteroatoms. The Kier molecular flexibility index (Phi) is 6.46. The second-order valence-corrected chi connectivity index (χ2v) is 6.03. The minimum atomic E-state index is -0.369. The molecule has 0 aliphatic carbocycles. The van der Waals surface area contributed by atoms with E-state index >= 15 is 0 Å². The molecule has 138 valence electrons. The molecule has 0 fully saturated rings. The number of carbonyl (C=O) groups is 2. The van der Waals surface area contributed by atoms with Crippen LogP contribution in [0.5, 0.6) is 11.5 Å². The number of para-hydroxylation sites is 1. The van der Waals surface area contributed by atoms with E-state index in [9.17, 15) is 9.59 Å². The Bertz CT molecular complexity index is 823. The third-order valence-electron chi connectivity index (χ3n) is 3.84. The van der Waals surface area contributed by atoms with Gasteiger partial charge in [0.15, 0.2) is 0 Å². The van der Waals surface area contributed by atoms with Crippen molar-refractivity contribution in [2.24, 2.45) is 0 Å². The average molecular weight is 377 g/mol. The van der Waals surface area contributed by atoms with Crippen LogP contribution in [0.1, 0.15) is 12.5 Å². The Morgan fingerprint density at radius 2 is 1.77 bits per heavy atom. The molecular weight excluding hydrogens is 356 g/mol. The highest BCUT2D eigenvalue weighted by Crippen LogP contribution is 2.35. The Balaban J connectivity index is 2.24. The van der Waals surface area contributed by atoms with Crippen molar-refractivity contribution in [2.75, 3.05) is 31.0 Å². The van der Waals surface area contributed by atoms with E-state index in [0.29, 0.717) is 27.9 Å². The van der Waals surface area contributed by atoms with Crippen molar-refractivity contribution in [1.82, 2.24) is 0 Å². The lowest BCUT2D eigenvalue weighted by Crippen LogP contribution is -2.37. The van der Waals surface area contributed by atoms with Crippen LogP contribution in [-0.2, 0) is 9.59 Å². The molecule has 2 aromatic carbocycles. The molecule has 6 nitrogen and oxygen atoms in total. The second kappa shape index (κ2) is 8.58. The van der Waals surface area contributed by atoms with Gasteiger partial charge in [-0.3, -0.25) is 9.59 Å². The van der Waals surface area contributed by atoms with E-state index in [1.807, 2.05) is 25.1 Å². The molecule has 26 heavy (non-hydrogen) atoms. The average Bonchev–Trinajstić information content (AvgIpc) is 2.61. The molecule has 0 radical (unpaired) electrons. The normalized spacial score (nSPS) is 10.2. The Hall–Kier alpha value is -2.73. The fourth-order valence-electron chi connectivity index (χ4n) is 2.52. The van der Waals surface area contributed by atoms with Crippen LogP contribution < -0.4 is 19.7 Å². The summed E-state index contributed by atoms with van der Waals surface area (Å²) in [4.78, 5) is 26.0. The molecule has 0 unspecified atom stereocenters. The van der Waals surface area contributed by atoms with Crippen LogP contribution in [0.3, 0.4) is 0 Å². The monoisotopic (exact) mass is 376 g/mol. The van der Waals surface area contributed by atoms with Crippen molar-refractivity contribution in [3.63, 3.8) is 0 Å². The summed E-state index contributed by atoms with van der Waals surface area (Å²) in [6, 6.07) is 10.5. The first-order chi connectivity index (χ1) is 12.4. The predicted octanol–water partition coefficient (Wildman–Crippen LogP) is 3.66. The van der Waals surface area contributed by atoms with Crippen LogP contribution >= 0.6 is 11.6 Å². The van der Waals surface area contributed by atoms with E-state index in [1.54, 1.807) is 18.2 Å². The molecule has 0 aliphatic rings. The minimum Gasteiger partial charge on any atom is -0.495 e. The molecule has 0 atom stereocenters. The maximum Gasteiger partial charge on any atom is 0.244 e. The van der Waals surface area contributed by atoms with Crippen LogP contribution in [0.25, 0.3) is 0 Å². The maximum atomic E-state index is 12.5. The van der Waals surface area contributed by atoms with Gasteiger partial charge in [-0.05, 0) is 18.6 Å². The number of halogens is 1. The van der Waals surface area contributed by atoms with Crippen molar-refractivity contribution >= 4 is 34.8 Å². The molecule has 0 bridgehead atoms. The minimum absolute atomic E-state index is 0.131. The molecule has 0 saturated heterocycles. The Morgan fingerprint density at radius 1 is 1.12 bits per heavy atom. The standard InChI is InChI=1S/C19H21ClN2O4/c1-12-7-5-6-8-16(12)22(13(2)23)11-19(24)21-15-10-17(25-3)14(20)9-18(15)26-4/h5-10H,11H2,1-4H3,(H,21,24). The molecule has 2 rings (SSSR count). The number of aryl methyl sites for hydroxylation is 1. The van der Waals surface area contributed by atoms with Crippen molar-refractivity contribution in [3.05, 3.63) is 47.0 Å². The first-order valence-electron chi connectivity index (χ1n) is 7.92. The van der Waals surface area contributed by atoms with Crippen molar-refractivity contribution in [2.45, 2.75) is 13.8 Å². The van der Waals surface area contributed by atoms with Gasteiger partial charge in [-0.2, -0.15) is 0 Å². The summed E-state index contributed by atoms with van der Waals surface area (Å²) in [5.41, 5.74) is 2.00. The summed E-state index contributed by atoms with van der Waals surface area (Å²) < 4.78 is 10.4. The number of ether oxygens (including phenoxy) is 2. The highest BCUT2D eigenvalue weighted by atomic mass is 35.5. The fourth-order valence-corrected chi connectivity index (χ4v) is 2.75. The summed E-state index contributed by atoms with van der Waals surface area (Å²) in [6.45, 7) is 3.18. The van der Waals surface area contributed by atoms with Gasteiger partial charge in [-0.25, -0.2) is 0 Å². The molecule has 2 aromatic rings. The van der Waals surface area contributed by atoms with Crippen molar-refractivity contribution in [3.8, 4) is 11.5 Å². The van der Waals surface area contributed by atoms with E-state index in [4.69, 9.17) is 21.1 Å². The summed E-state index contributed by atoms with van der Waals surface area (Å²) in [6.07, 6.45) is 0. The predicted molar refractivity (Wildman–Crippen MR) is 102 cm³/mol. The number of methoxy groups -OCH3 is 2. The van der Waals surface area contributed by atoms with Crippen LogP contribution in [-0.4, -0.2) is 32.6 Å². The summed E-state index contributed by atoms with van der Waals surface area (Å²) in [5.74, 6) is 0.209. The lowest BCUT2D eigenvalue weighted by molar-refractivity contribution is -0.120. The number of hydrogen-bond acceptors (Lipinski definition) is 4. The van der Waals surface area contributed by atoms with E-state index in [1.165, 1.54) is 26.0 Å². The molecule has 0 aliphatic heterocycles. The molecule has 1 N–H and O–H groups in total. The fraction of sp³-hybridized carbons (Fsp3) is 0.263. The summed E-state index contributed by atoms with van der Waals surface area (Å²) >= 11 is 6.07. The van der Waals surface area contributed by atoms with Gasteiger partial charge in [0.25, 0.3) is 0 Å². The van der Waals surface area contributed by atoms with Gasteiger partial charge in [-0.1, -0.05) is 29.8 Å². The van der Waals surface area contributed by atoms with Crippen molar-refractivity contribution in [1.29, 1.82) is 0 Å².